The molecular weight excluding hydrogens is 277 g/mol. The van der Waals surface area contributed by atoms with Crippen LogP contribution in [-0.4, -0.2) is 6.61 Å². The van der Waals surface area contributed by atoms with Crippen LogP contribution in [0.15, 0.2) is 30.3 Å². The Labute approximate surface area is 122 Å². The van der Waals surface area contributed by atoms with Crippen molar-refractivity contribution in [2.45, 2.75) is 19.4 Å². The number of aryl methyl sites for hydroxylation is 1. The van der Waals surface area contributed by atoms with Crippen molar-refractivity contribution >= 4 is 11.6 Å². The number of hydrogen-bond donors (Lipinski definition) is 1. The summed E-state index contributed by atoms with van der Waals surface area (Å²) in [5, 5.41) is 0.633. The van der Waals surface area contributed by atoms with E-state index in [1.165, 1.54) is 12.1 Å². The van der Waals surface area contributed by atoms with Crippen molar-refractivity contribution < 1.29 is 9.13 Å². The van der Waals surface area contributed by atoms with Gasteiger partial charge >= 0.3 is 0 Å². The summed E-state index contributed by atoms with van der Waals surface area (Å²) in [7, 11) is 0. The van der Waals surface area contributed by atoms with Gasteiger partial charge in [-0.3, -0.25) is 0 Å². The third-order valence-corrected chi connectivity index (χ3v) is 3.91. The fourth-order valence-corrected chi connectivity index (χ4v) is 2.89. The van der Waals surface area contributed by atoms with E-state index in [-0.39, 0.29) is 5.82 Å². The number of hydrogen-bond acceptors (Lipinski definition) is 2. The summed E-state index contributed by atoms with van der Waals surface area (Å²) in [6.07, 6.45) is 0.831. The third-order valence-electron chi connectivity index (χ3n) is 3.69. The number of halogens is 2. The van der Waals surface area contributed by atoms with Crippen molar-refractivity contribution in [1.29, 1.82) is 0 Å². The van der Waals surface area contributed by atoms with Gasteiger partial charge in [-0.05, 0) is 47.9 Å². The summed E-state index contributed by atoms with van der Waals surface area (Å²) in [5.74, 6) is 0.506. The zero-order valence-electron chi connectivity index (χ0n) is 11.1. The van der Waals surface area contributed by atoms with Crippen LogP contribution in [0.1, 0.15) is 28.3 Å². The normalized spacial score (nSPS) is 14.8. The van der Waals surface area contributed by atoms with Gasteiger partial charge in [0.05, 0.1) is 12.6 Å². The summed E-state index contributed by atoms with van der Waals surface area (Å²) < 4.78 is 19.1. The van der Waals surface area contributed by atoms with Gasteiger partial charge in [0.1, 0.15) is 11.6 Å². The quantitative estimate of drug-likeness (QED) is 0.914. The van der Waals surface area contributed by atoms with Gasteiger partial charge in [-0.15, -0.1) is 0 Å². The second-order valence-corrected chi connectivity index (χ2v) is 5.50. The van der Waals surface area contributed by atoms with E-state index < -0.39 is 6.04 Å². The van der Waals surface area contributed by atoms with Gasteiger partial charge in [0.25, 0.3) is 0 Å². The average Bonchev–Trinajstić information content (AvgIpc) is 2.87. The van der Waals surface area contributed by atoms with E-state index in [0.717, 1.165) is 34.4 Å². The number of nitrogens with two attached hydrogens (primary N) is 1. The zero-order chi connectivity index (χ0) is 14.3. The molecule has 0 bridgehead atoms. The molecule has 0 saturated carbocycles. The Hall–Kier alpha value is -1.58. The summed E-state index contributed by atoms with van der Waals surface area (Å²) >= 11 is 6.15. The first kappa shape index (κ1) is 13.4. The minimum Gasteiger partial charge on any atom is -0.493 e. The topological polar surface area (TPSA) is 35.2 Å². The van der Waals surface area contributed by atoms with E-state index in [1.54, 1.807) is 12.1 Å². The number of ether oxygens (including phenoxy) is 1. The molecular formula is C16H15ClFNO. The standard InChI is InChI=1S/C16H15ClFNO/c1-9-2-3-12(18)8-13(9)15(19)14-7-11(17)6-10-4-5-20-16(10)14/h2-3,6-8,15H,4-5,19H2,1H3. The molecule has 1 aliphatic heterocycles. The Morgan fingerprint density at radius 2 is 2.05 bits per heavy atom. The predicted octanol–water partition coefficient (Wildman–Crippen LogP) is 3.77. The smallest absolute Gasteiger partial charge is 0.127 e. The van der Waals surface area contributed by atoms with Gasteiger partial charge in [0, 0.05) is 17.0 Å². The van der Waals surface area contributed by atoms with E-state index in [4.69, 9.17) is 22.1 Å². The zero-order valence-corrected chi connectivity index (χ0v) is 11.9. The Morgan fingerprint density at radius 3 is 2.85 bits per heavy atom. The average molecular weight is 292 g/mol. The highest BCUT2D eigenvalue weighted by Gasteiger charge is 2.23. The lowest BCUT2D eigenvalue weighted by molar-refractivity contribution is 0.352. The van der Waals surface area contributed by atoms with E-state index in [1.807, 2.05) is 13.0 Å². The van der Waals surface area contributed by atoms with Crippen LogP contribution >= 0.6 is 11.6 Å². The Kier molecular flexibility index (Phi) is 3.40. The first-order chi connectivity index (χ1) is 9.56. The molecule has 0 radical (unpaired) electrons. The Bertz CT molecular complexity index is 672. The number of fused-ring (bicyclic) bond motifs is 1. The van der Waals surface area contributed by atoms with Crippen LogP contribution < -0.4 is 10.5 Å². The molecule has 1 atom stereocenters. The van der Waals surface area contributed by atoms with Crippen LogP contribution in [0, 0.1) is 12.7 Å². The molecule has 0 aliphatic carbocycles. The molecule has 2 aromatic rings. The van der Waals surface area contributed by atoms with Crippen molar-refractivity contribution in [2.24, 2.45) is 5.73 Å². The van der Waals surface area contributed by atoms with Crippen molar-refractivity contribution in [3.63, 3.8) is 0 Å². The molecule has 0 fully saturated rings. The van der Waals surface area contributed by atoms with Gasteiger partial charge in [-0.1, -0.05) is 17.7 Å². The fraction of sp³-hybridized carbons (Fsp3) is 0.250. The fourth-order valence-electron chi connectivity index (χ4n) is 2.64. The minimum absolute atomic E-state index is 0.291. The van der Waals surface area contributed by atoms with Crippen LogP contribution in [0.4, 0.5) is 4.39 Å². The van der Waals surface area contributed by atoms with Crippen LogP contribution in [0.25, 0.3) is 0 Å². The molecule has 2 nitrogen and oxygen atoms in total. The van der Waals surface area contributed by atoms with E-state index in [2.05, 4.69) is 0 Å². The predicted molar refractivity (Wildman–Crippen MR) is 77.8 cm³/mol. The van der Waals surface area contributed by atoms with E-state index >= 15 is 0 Å². The Balaban J connectivity index is 2.11. The minimum atomic E-state index is -0.448. The second-order valence-electron chi connectivity index (χ2n) is 5.06. The molecule has 0 saturated heterocycles. The summed E-state index contributed by atoms with van der Waals surface area (Å²) in [4.78, 5) is 0. The van der Waals surface area contributed by atoms with Crippen molar-refractivity contribution in [1.82, 2.24) is 0 Å². The molecule has 20 heavy (non-hydrogen) atoms. The summed E-state index contributed by atoms with van der Waals surface area (Å²) in [5.41, 5.74) is 9.91. The van der Waals surface area contributed by atoms with Gasteiger partial charge in [0.2, 0.25) is 0 Å². The first-order valence-corrected chi connectivity index (χ1v) is 6.91. The SMILES string of the molecule is Cc1ccc(F)cc1C(N)c1cc(Cl)cc2c1OCC2. The molecule has 4 heteroatoms. The third kappa shape index (κ3) is 2.28. The Morgan fingerprint density at radius 1 is 1.25 bits per heavy atom. The molecule has 104 valence electrons. The van der Waals surface area contributed by atoms with Gasteiger partial charge in [-0.2, -0.15) is 0 Å². The maximum absolute atomic E-state index is 13.5. The number of rotatable bonds is 2. The first-order valence-electron chi connectivity index (χ1n) is 6.53. The molecule has 1 aliphatic rings. The molecule has 0 spiro atoms. The van der Waals surface area contributed by atoms with Gasteiger partial charge < -0.3 is 10.5 Å². The molecule has 0 amide bonds. The molecule has 1 heterocycles. The maximum Gasteiger partial charge on any atom is 0.127 e. The largest absolute Gasteiger partial charge is 0.493 e. The van der Waals surface area contributed by atoms with Gasteiger partial charge in [-0.25, -0.2) is 4.39 Å². The van der Waals surface area contributed by atoms with Gasteiger partial charge in [0.15, 0.2) is 0 Å². The maximum atomic E-state index is 13.5. The summed E-state index contributed by atoms with van der Waals surface area (Å²) in [6.45, 7) is 2.55. The number of benzene rings is 2. The van der Waals surface area contributed by atoms with Crippen LogP contribution in [0.3, 0.4) is 0 Å². The van der Waals surface area contributed by atoms with Crippen LogP contribution in [0.5, 0.6) is 5.75 Å². The highest BCUT2D eigenvalue weighted by atomic mass is 35.5. The lowest BCUT2D eigenvalue weighted by atomic mass is 9.93. The highest BCUT2D eigenvalue weighted by molar-refractivity contribution is 6.30. The van der Waals surface area contributed by atoms with Crippen molar-refractivity contribution in [2.75, 3.05) is 6.61 Å². The molecule has 2 aromatic carbocycles. The second kappa shape index (κ2) is 5.08. The molecule has 1 unspecified atom stereocenters. The summed E-state index contributed by atoms with van der Waals surface area (Å²) in [6, 6.07) is 7.90. The van der Waals surface area contributed by atoms with Crippen molar-refractivity contribution in [3.05, 3.63) is 63.4 Å². The highest BCUT2D eigenvalue weighted by Crippen LogP contribution is 2.38. The molecule has 2 N–H and O–H groups in total. The lowest BCUT2D eigenvalue weighted by Crippen LogP contribution is -2.14. The van der Waals surface area contributed by atoms with Crippen LogP contribution in [0.2, 0.25) is 5.02 Å². The molecule has 0 aromatic heterocycles. The molecule has 3 rings (SSSR count). The monoisotopic (exact) mass is 291 g/mol. The lowest BCUT2D eigenvalue weighted by Gasteiger charge is -2.18. The van der Waals surface area contributed by atoms with Crippen molar-refractivity contribution in [3.8, 4) is 5.75 Å². The van der Waals surface area contributed by atoms with E-state index in [0.29, 0.717) is 11.6 Å². The van der Waals surface area contributed by atoms with E-state index in [9.17, 15) is 4.39 Å². The van der Waals surface area contributed by atoms with Crippen LogP contribution in [-0.2, 0) is 6.42 Å².